The third-order valence-corrected chi connectivity index (χ3v) is 2.70. The Bertz CT molecular complexity index is 109. The minimum absolute atomic E-state index is 0.134. The molecule has 0 aromatic rings. The molecule has 0 amide bonds. The summed E-state index contributed by atoms with van der Waals surface area (Å²) in [7, 11) is 0. The van der Waals surface area contributed by atoms with Gasteiger partial charge in [-0.1, -0.05) is 26.7 Å². The zero-order valence-electron chi connectivity index (χ0n) is 7.59. The smallest absolute Gasteiger partial charge is 0.0574 e. The number of aliphatic hydroxyl groups excluding tert-OH is 1. The molecule has 1 fully saturated rings. The molecular formula is C10H19O. The van der Waals surface area contributed by atoms with Crippen molar-refractivity contribution < 1.29 is 5.11 Å². The van der Waals surface area contributed by atoms with Crippen molar-refractivity contribution in [3.05, 3.63) is 6.42 Å². The first-order valence-corrected chi connectivity index (χ1v) is 4.71. The average Bonchev–Trinajstić information content (AvgIpc) is 2.13. The fourth-order valence-corrected chi connectivity index (χ4v) is 1.82. The predicted octanol–water partition coefficient (Wildman–Crippen LogP) is 2.40. The summed E-state index contributed by atoms with van der Waals surface area (Å²) in [6.45, 7) is 4.51. The zero-order chi connectivity index (χ0) is 8.27. The van der Waals surface area contributed by atoms with Gasteiger partial charge in [-0.25, -0.2) is 0 Å². The Hall–Kier alpha value is -0.0400. The molecule has 65 valence electrons. The molecule has 2 atom stereocenters. The average molecular weight is 155 g/mol. The Morgan fingerprint density at radius 2 is 2.18 bits per heavy atom. The molecule has 0 spiro atoms. The minimum Gasteiger partial charge on any atom is -0.393 e. The van der Waals surface area contributed by atoms with Crippen LogP contribution >= 0.6 is 0 Å². The van der Waals surface area contributed by atoms with Gasteiger partial charge in [-0.05, 0) is 31.1 Å². The number of aliphatic hydroxyl groups is 1. The summed E-state index contributed by atoms with van der Waals surface area (Å²) in [6, 6.07) is 0. The Morgan fingerprint density at radius 3 is 2.82 bits per heavy atom. The van der Waals surface area contributed by atoms with Gasteiger partial charge in [0, 0.05) is 0 Å². The van der Waals surface area contributed by atoms with Gasteiger partial charge in [-0.2, -0.15) is 0 Å². The molecule has 1 saturated carbocycles. The molecule has 1 heteroatoms. The van der Waals surface area contributed by atoms with Crippen LogP contribution in [-0.4, -0.2) is 11.2 Å². The van der Waals surface area contributed by atoms with Gasteiger partial charge in [0.2, 0.25) is 0 Å². The summed E-state index contributed by atoms with van der Waals surface area (Å²) >= 11 is 0. The molecule has 0 heterocycles. The third kappa shape index (κ3) is 2.82. The van der Waals surface area contributed by atoms with E-state index in [1.54, 1.807) is 0 Å². The van der Waals surface area contributed by atoms with Crippen LogP contribution in [0.3, 0.4) is 0 Å². The first-order chi connectivity index (χ1) is 5.20. The molecule has 11 heavy (non-hydrogen) atoms. The maximum atomic E-state index is 9.45. The van der Waals surface area contributed by atoms with E-state index in [4.69, 9.17) is 0 Å². The van der Waals surface area contributed by atoms with E-state index in [1.807, 2.05) is 0 Å². The van der Waals surface area contributed by atoms with E-state index in [1.165, 1.54) is 12.8 Å². The number of hydrogen-bond acceptors (Lipinski definition) is 1. The number of hydrogen-bond donors (Lipinski definition) is 1. The molecule has 0 aromatic carbocycles. The van der Waals surface area contributed by atoms with Gasteiger partial charge in [-0.15, -0.1) is 0 Å². The second-order valence-corrected chi connectivity index (χ2v) is 3.97. The molecule has 1 rings (SSSR count). The van der Waals surface area contributed by atoms with Crippen LogP contribution in [0.2, 0.25) is 0 Å². The Labute approximate surface area is 69.8 Å². The van der Waals surface area contributed by atoms with Crippen molar-refractivity contribution >= 4 is 0 Å². The van der Waals surface area contributed by atoms with Crippen molar-refractivity contribution in [2.24, 2.45) is 11.8 Å². The van der Waals surface area contributed by atoms with Gasteiger partial charge in [0.15, 0.2) is 0 Å². The quantitative estimate of drug-likeness (QED) is 0.576. The van der Waals surface area contributed by atoms with Gasteiger partial charge in [0.1, 0.15) is 0 Å². The van der Waals surface area contributed by atoms with Gasteiger partial charge < -0.3 is 5.11 Å². The molecule has 0 aromatic heterocycles. The SMILES string of the molecule is CC(C)C1CCC[CH]C(O)C1. The van der Waals surface area contributed by atoms with E-state index in [0.29, 0.717) is 0 Å². The zero-order valence-corrected chi connectivity index (χ0v) is 7.59. The predicted molar refractivity (Wildman–Crippen MR) is 47.1 cm³/mol. The van der Waals surface area contributed by atoms with E-state index in [9.17, 15) is 5.11 Å². The van der Waals surface area contributed by atoms with E-state index >= 15 is 0 Å². The van der Waals surface area contributed by atoms with Gasteiger partial charge in [0.05, 0.1) is 6.10 Å². The van der Waals surface area contributed by atoms with Crippen LogP contribution in [0.1, 0.15) is 39.5 Å². The molecule has 1 aliphatic carbocycles. The second kappa shape index (κ2) is 4.10. The Morgan fingerprint density at radius 1 is 1.45 bits per heavy atom. The summed E-state index contributed by atoms with van der Waals surface area (Å²) in [5, 5.41) is 9.45. The van der Waals surface area contributed by atoms with E-state index in [-0.39, 0.29) is 6.10 Å². The summed E-state index contributed by atoms with van der Waals surface area (Å²) < 4.78 is 0. The molecule has 0 bridgehead atoms. The molecule has 0 saturated heterocycles. The van der Waals surface area contributed by atoms with Crippen molar-refractivity contribution in [2.75, 3.05) is 0 Å². The highest BCUT2D eigenvalue weighted by atomic mass is 16.3. The standard InChI is InChI=1S/C10H19O/c1-8(2)9-5-3-4-6-10(11)7-9/h6,8-11H,3-5,7H2,1-2H3. The molecule has 2 unspecified atom stereocenters. The highest BCUT2D eigenvalue weighted by molar-refractivity contribution is 4.83. The minimum atomic E-state index is -0.134. The van der Waals surface area contributed by atoms with Crippen molar-refractivity contribution in [3.8, 4) is 0 Å². The molecule has 0 aliphatic heterocycles. The lowest BCUT2D eigenvalue weighted by atomic mass is 9.88. The second-order valence-electron chi connectivity index (χ2n) is 3.97. The monoisotopic (exact) mass is 155 g/mol. The highest BCUT2D eigenvalue weighted by Gasteiger charge is 2.20. The van der Waals surface area contributed by atoms with Crippen LogP contribution < -0.4 is 0 Å². The summed E-state index contributed by atoms with van der Waals surface area (Å²) in [4.78, 5) is 0. The maximum absolute atomic E-state index is 9.45. The fraction of sp³-hybridized carbons (Fsp3) is 0.900. The third-order valence-electron chi connectivity index (χ3n) is 2.70. The van der Waals surface area contributed by atoms with Gasteiger partial charge in [0.25, 0.3) is 0 Å². The van der Waals surface area contributed by atoms with Crippen molar-refractivity contribution in [1.82, 2.24) is 0 Å². The molecule has 1 N–H and O–H groups in total. The topological polar surface area (TPSA) is 20.2 Å². The van der Waals surface area contributed by atoms with Crippen LogP contribution in [0.25, 0.3) is 0 Å². The summed E-state index contributed by atoms with van der Waals surface area (Å²) in [5.41, 5.74) is 0. The molecule has 1 nitrogen and oxygen atoms in total. The molecule has 1 aliphatic rings. The molecule has 1 radical (unpaired) electrons. The highest BCUT2D eigenvalue weighted by Crippen LogP contribution is 2.28. The van der Waals surface area contributed by atoms with Crippen LogP contribution in [-0.2, 0) is 0 Å². The Balaban J connectivity index is 2.39. The van der Waals surface area contributed by atoms with E-state index in [2.05, 4.69) is 20.3 Å². The van der Waals surface area contributed by atoms with Crippen LogP contribution in [0, 0.1) is 18.3 Å². The lowest BCUT2D eigenvalue weighted by Gasteiger charge is -2.19. The lowest BCUT2D eigenvalue weighted by Crippen LogP contribution is -2.15. The first-order valence-electron chi connectivity index (χ1n) is 4.71. The Kier molecular flexibility index (Phi) is 3.38. The lowest BCUT2D eigenvalue weighted by molar-refractivity contribution is 0.161. The van der Waals surface area contributed by atoms with Crippen molar-refractivity contribution in [3.63, 3.8) is 0 Å². The van der Waals surface area contributed by atoms with Crippen molar-refractivity contribution in [2.45, 2.75) is 45.6 Å². The van der Waals surface area contributed by atoms with Gasteiger partial charge >= 0.3 is 0 Å². The van der Waals surface area contributed by atoms with Crippen LogP contribution in [0.15, 0.2) is 0 Å². The van der Waals surface area contributed by atoms with Crippen molar-refractivity contribution in [1.29, 1.82) is 0 Å². The maximum Gasteiger partial charge on any atom is 0.0574 e. The summed E-state index contributed by atoms with van der Waals surface area (Å²) in [5.74, 6) is 1.47. The molecular weight excluding hydrogens is 136 g/mol. The summed E-state index contributed by atoms with van der Waals surface area (Å²) in [6.07, 6.45) is 6.57. The largest absolute Gasteiger partial charge is 0.393 e. The van der Waals surface area contributed by atoms with Crippen LogP contribution in [0.5, 0.6) is 0 Å². The van der Waals surface area contributed by atoms with E-state index < -0.39 is 0 Å². The van der Waals surface area contributed by atoms with E-state index in [0.717, 1.165) is 24.7 Å². The first kappa shape index (κ1) is 9.05. The van der Waals surface area contributed by atoms with Crippen LogP contribution in [0.4, 0.5) is 0 Å². The van der Waals surface area contributed by atoms with Gasteiger partial charge in [-0.3, -0.25) is 0 Å². The normalized spacial score (nSPS) is 33.8. The number of rotatable bonds is 1. The fourth-order valence-electron chi connectivity index (χ4n) is 1.82.